The molecule has 3 amide bonds. The van der Waals surface area contributed by atoms with Gasteiger partial charge in [-0.1, -0.05) is 53.2 Å². The monoisotopic (exact) mass is 689 g/mol. The quantitative estimate of drug-likeness (QED) is 0.193. The first-order valence-corrected chi connectivity index (χ1v) is 17.3. The molecule has 5 rings (SSSR count). The van der Waals surface area contributed by atoms with Crippen molar-refractivity contribution in [2.75, 3.05) is 30.8 Å². The van der Waals surface area contributed by atoms with Crippen LogP contribution in [0.15, 0.2) is 52.2 Å². The maximum atomic E-state index is 12.9. The predicted octanol–water partition coefficient (Wildman–Crippen LogP) is 6.92. The number of carbonyl (C=O) groups excluding carboxylic acids is 3. The first kappa shape index (κ1) is 33.5. The van der Waals surface area contributed by atoms with Gasteiger partial charge >= 0.3 is 6.09 Å². The normalized spacial score (nSPS) is 19.0. The Morgan fingerprint density at radius 2 is 1.89 bits per heavy atom. The molecule has 2 fully saturated rings. The molecule has 0 radical (unpaired) electrons. The van der Waals surface area contributed by atoms with Gasteiger partial charge in [0.25, 0.3) is 5.91 Å². The van der Waals surface area contributed by atoms with Gasteiger partial charge < -0.3 is 10.1 Å². The highest BCUT2D eigenvalue weighted by Crippen LogP contribution is 2.43. The van der Waals surface area contributed by atoms with Crippen LogP contribution >= 0.6 is 46.3 Å². The topological polar surface area (TPSA) is 94.8 Å². The number of likely N-dealkylation sites (tertiary alicyclic amines) is 1. The van der Waals surface area contributed by atoms with Gasteiger partial charge in [0.05, 0.1) is 21.5 Å². The fourth-order valence-corrected chi connectivity index (χ4v) is 7.22. The zero-order valence-corrected chi connectivity index (χ0v) is 29.1. The second kappa shape index (κ2) is 13.5. The number of aromatic nitrogens is 1. The first-order valence-electron chi connectivity index (χ1n) is 14.7. The molecule has 0 saturated carbocycles. The fraction of sp³-hybridized carbons (Fsp3) is 0.438. The number of piperidine rings is 1. The Balaban J connectivity index is 1.10. The van der Waals surface area contributed by atoms with E-state index < -0.39 is 17.4 Å². The molecular formula is C32H37Cl2N5O4S2. The van der Waals surface area contributed by atoms with E-state index in [9.17, 15) is 14.4 Å². The van der Waals surface area contributed by atoms with Gasteiger partial charge in [0, 0.05) is 49.4 Å². The van der Waals surface area contributed by atoms with Crippen molar-refractivity contribution in [2.45, 2.75) is 68.7 Å². The lowest BCUT2D eigenvalue weighted by Crippen LogP contribution is -2.44. The molecular weight excluding hydrogens is 653 g/mol. The number of hydrogen-bond donors (Lipinski definition) is 1. The van der Waals surface area contributed by atoms with Gasteiger partial charge in [-0.05, 0) is 70.4 Å². The van der Waals surface area contributed by atoms with E-state index in [4.69, 9.17) is 32.9 Å². The number of hydrogen-bond acceptors (Lipinski definition) is 8. The summed E-state index contributed by atoms with van der Waals surface area (Å²) in [6.07, 6.45) is 1.22. The summed E-state index contributed by atoms with van der Waals surface area (Å²) in [5, 5.41) is 6.24. The summed E-state index contributed by atoms with van der Waals surface area (Å²) in [5.41, 5.74) is 1.60. The second-order valence-corrected chi connectivity index (χ2v) is 15.3. The summed E-state index contributed by atoms with van der Waals surface area (Å²) in [6, 6.07) is 13.4. The van der Waals surface area contributed by atoms with Crippen molar-refractivity contribution in [3.8, 4) is 11.3 Å². The smallest absolute Gasteiger partial charge is 0.412 e. The average Bonchev–Trinajstić information content (AvgIpc) is 3.29. The van der Waals surface area contributed by atoms with Crippen molar-refractivity contribution in [1.82, 2.24) is 20.1 Å². The van der Waals surface area contributed by atoms with Gasteiger partial charge in [0.2, 0.25) is 11.6 Å². The molecule has 13 heteroatoms. The molecule has 2 saturated heterocycles. The third-order valence-corrected chi connectivity index (χ3v) is 10.6. The Hall–Kier alpha value is -2.83. The SMILES string of the molecule is CN(C(=O)OC(C)(C)C)C1(C)C(=O)N1c1cccc(-c2csc(SCC(=O)NC3CCN(Cc4ccc(Cl)c(Cl)c4)CC3)n2)c1. The van der Waals surface area contributed by atoms with Gasteiger partial charge in [0.1, 0.15) is 5.60 Å². The zero-order valence-electron chi connectivity index (χ0n) is 25.9. The van der Waals surface area contributed by atoms with Crippen LogP contribution in [0.5, 0.6) is 0 Å². The lowest BCUT2D eigenvalue weighted by Gasteiger charge is -2.32. The summed E-state index contributed by atoms with van der Waals surface area (Å²) in [4.78, 5) is 48.3. The van der Waals surface area contributed by atoms with E-state index in [1.165, 1.54) is 28.0 Å². The molecule has 45 heavy (non-hydrogen) atoms. The summed E-state index contributed by atoms with van der Waals surface area (Å²) in [7, 11) is 1.57. The van der Waals surface area contributed by atoms with Crippen LogP contribution in [0, 0.1) is 0 Å². The number of thioether (sulfide) groups is 1. The van der Waals surface area contributed by atoms with Crippen LogP contribution in [0.1, 0.15) is 46.1 Å². The van der Waals surface area contributed by atoms with E-state index >= 15 is 0 Å². The zero-order chi connectivity index (χ0) is 32.5. The molecule has 1 unspecified atom stereocenters. The molecule has 0 spiro atoms. The van der Waals surface area contributed by atoms with E-state index in [0.717, 1.165) is 53.6 Å². The van der Waals surface area contributed by atoms with Crippen molar-refractivity contribution in [3.05, 3.63) is 63.5 Å². The Bertz CT molecular complexity index is 1590. The van der Waals surface area contributed by atoms with Crippen LogP contribution in [-0.2, 0) is 20.9 Å². The van der Waals surface area contributed by atoms with E-state index in [2.05, 4.69) is 10.2 Å². The summed E-state index contributed by atoms with van der Waals surface area (Å²) < 4.78 is 6.26. The maximum Gasteiger partial charge on any atom is 0.412 e. The summed E-state index contributed by atoms with van der Waals surface area (Å²) >= 11 is 15.1. The molecule has 3 aromatic rings. The van der Waals surface area contributed by atoms with Crippen molar-refractivity contribution >= 4 is 69.9 Å². The number of halogens is 2. The molecule has 9 nitrogen and oxygen atoms in total. The van der Waals surface area contributed by atoms with E-state index in [-0.39, 0.29) is 23.6 Å². The van der Waals surface area contributed by atoms with Gasteiger partial charge in [-0.15, -0.1) is 11.3 Å². The molecule has 2 aromatic carbocycles. The number of carbonyl (C=O) groups is 3. The van der Waals surface area contributed by atoms with E-state index in [1.807, 2.05) is 47.8 Å². The molecule has 0 bridgehead atoms. The molecule has 1 N–H and O–H groups in total. The Kier molecular flexibility index (Phi) is 10.1. The molecule has 240 valence electrons. The fourth-order valence-electron chi connectivity index (χ4n) is 5.26. The number of nitrogens with zero attached hydrogens (tertiary/aromatic N) is 4. The van der Waals surface area contributed by atoms with E-state index in [1.54, 1.807) is 39.6 Å². The minimum atomic E-state index is -1.13. The second-order valence-electron chi connectivity index (χ2n) is 12.4. The Morgan fingerprint density at radius 3 is 2.58 bits per heavy atom. The minimum absolute atomic E-state index is 0.00452. The number of ether oxygens (including phenoxy) is 1. The van der Waals surface area contributed by atoms with Crippen LogP contribution in [0.4, 0.5) is 10.5 Å². The first-order chi connectivity index (χ1) is 21.2. The summed E-state index contributed by atoms with van der Waals surface area (Å²) in [6.45, 7) is 9.66. The molecule has 0 aliphatic carbocycles. The van der Waals surface area contributed by atoms with Crippen molar-refractivity contribution < 1.29 is 19.1 Å². The Labute approximate surface area is 282 Å². The highest BCUT2D eigenvalue weighted by atomic mass is 35.5. The van der Waals surface area contributed by atoms with Crippen molar-refractivity contribution in [1.29, 1.82) is 0 Å². The predicted molar refractivity (Wildman–Crippen MR) is 181 cm³/mol. The lowest BCUT2D eigenvalue weighted by atomic mass is 10.0. The molecule has 2 aliphatic heterocycles. The van der Waals surface area contributed by atoms with E-state index in [0.29, 0.717) is 15.7 Å². The van der Waals surface area contributed by atoms with Crippen LogP contribution < -0.4 is 10.2 Å². The van der Waals surface area contributed by atoms with Crippen LogP contribution in [0.2, 0.25) is 10.0 Å². The van der Waals surface area contributed by atoms with Crippen LogP contribution in [-0.4, -0.2) is 75.9 Å². The number of rotatable bonds is 9. The van der Waals surface area contributed by atoms with Gasteiger partial charge in [0.15, 0.2) is 4.34 Å². The average molecular weight is 691 g/mol. The minimum Gasteiger partial charge on any atom is -0.444 e. The highest BCUT2D eigenvalue weighted by molar-refractivity contribution is 8.01. The van der Waals surface area contributed by atoms with Crippen molar-refractivity contribution in [3.63, 3.8) is 0 Å². The molecule has 2 aliphatic rings. The van der Waals surface area contributed by atoms with Crippen LogP contribution in [0.3, 0.4) is 0 Å². The number of nitrogens with one attached hydrogen (secondary N) is 1. The largest absolute Gasteiger partial charge is 0.444 e. The molecule has 1 aromatic heterocycles. The number of likely N-dealkylation sites (N-methyl/N-ethyl adjacent to an activating group) is 1. The molecule has 1 atom stereocenters. The number of amides is 3. The Morgan fingerprint density at radius 1 is 1.16 bits per heavy atom. The highest BCUT2D eigenvalue weighted by Gasteiger charge is 2.64. The summed E-state index contributed by atoms with van der Waals surface area (Å²) in [5.74, 6) is 0.0921. The lowest BCUT2D eigenvalue weighted by molar-refractivity contribution is -0.119. The molecule has 3 heterocycles. The number of thiazole rings is 1. The number of benzene rings is 2. The third-order valence-electron chi connectivity index (χ3n) is 7.87. The van der Waals surface area contributed by atoms with Gasteiger partial charge in [-0.3, -0.25) is 24.3 Å². The number of anilines is 1. The van der Waals surface area contributed by atoms with Gasteiger partial charge in [-0.25, -0.2) is 9.78 Å². The van der Waals surface area contributed by atoms with Gasteiger partial charge in [-0.2, -0.15) is 0 Å². The van der Waals surface area contributed by atoms with Crippen molar-refractivity contribution in [2.24, 2.45) is 0 Å². The van der Waals surface area contributed by atoms with Crippen LogP contribution in [0.25, 0.3) is 11.3 Å². The maximum absolute atomic E-state index is 12.9. The third kappa shape index (κ3) is 7.94. The standard InChI is InChI=1S/C32H37Cl2N5O4S2/c1-31(2,3)43-30(42)37(5)32(4)28(41)39(32)23-8-6-7-21(16-23)26-18-44-29(36-26)45-19-27(40)35-22-11-13-38(14-12-22)17-20-9-10-24(33)25(34)15-20/h6-10,15-16,18,22H,11-14,17,19H2,1-5H3,(H,35,40).